The second kappa shape index (κ2) is 20.9. The molecule has 0 radical (unpaired) electrons. The van der Waals surface area contributed by atoms with Crippen LogP contribution in [0.25, 0.3) is 0 Å². The summed E-state index contributed by atoms with van der Waals surface area (Å²) >= 11 is 0. The summed E-state index contributed by atoms with van der Waals surface area (Å²) < 4.78 is 5.61. The molecule has 0 atom stereocenters. The van der Waals surface area contributed by atoms with Crippen LogP contribution in [0.5, 0.6) is 0 Å². The van der Waals surface area contributed by atoms with Gasteiger partial charge in [-0.1, -0.05) is 103 Å². The van der Waals surface area contributed by atoms with E-state index < -0.39 is 0 Å². The molecule has 3 heteroatoms. The van der Waals surface area contributed by atoms with Crippen LogP contribution in [-0.4, -0.2) is 25.8 Å². The van der Waals surface area contributed by atoms with Crippen molar-refractivity contribution >= 4 is 0 Å². The van der Waals surface area contributed by atoms with Crippen molar-refractivity contribution in [2.45, 2.75) is 116 Å². The molecule has 0 aliphatic heterocycles. The molecule has 0 fully saturated rings. The minimum atomic E-state index is 0.0568. The lowest BCUT2D eigenvalue weighted by molar-refractivity contribution is 0.0621. The van der Waals surface area contributed by atoms with E-state index in [1.807, 2.05) is 0 Å². The van der Waals surface area contributed by atoms with Gasteiger partial charge in [-0.3, -0.25) is 0 Å². The van der Waals surface area contributed by atoms with Crippen LogP contribution in [0.3, 0.4) is 0 Å². The smallest absolute Gasteiger partial charge is 0.0819 e. The molecule has 0 aliphatic rings. The van der Waals surface area contributed by atoms with Crippen LogP contribution in [-0.2, 0) is 4.74 Å². The Hall–Kier alpha value is -0.120. The van der Waals surface area contributed by atoms with Crippen LogP contribution in [0.4, 0.5) is 0 Å². The van der Waals surface area contributed by atoms with Gasteiger partial charge in [0.15, 0.2) is 0 Å². The lowest BCUT2D eigenvalue weighted by Gasteiger charge is -2.13. The van der Waals surface area contributed by atoms with Gasteiger partial charge in [0.2, 0.25) is 0 Å². The van der Waals surface area contributed by atoms with E-state index in [1.165, 1.54) is 96.3 Å². The number of rotatable bonds is 20. The quantitative estimate of drug-likeness (QED) is 0.285. The molecule has 0 aromatic carbocycles. The fourth-order valence-corrected chi connectivity index (χ4v) is 3.13. The minimum Gasteiger partial charge on any atom is -0.376 e. The molecule has 24 heavy (non-hydrogen) atoms. The molecule has 0 unspecified atom stereocenters. The fourth-order valence-electron chi connectivity index (χ4n) is 3.13. The monoisotopic (exact) mass is 342 g/mol. The van der Waals surface area contributed by atoms with Gasteiger partial charge in [0.1, 0.15) is 0 Å². The lowest BCUT2D eigenvalue weighted by Crippen LogP contribution is -2.31. The highest BCUT2D eigenvalue weighted by Crippen LogP contribution is 2.13. The molecule has 0 bridgehead atoms. The first kappa shape index (κ1) is 23.9. The molecule has 0 heterocycles. The number of ether oxygens (including phenoxy) is 1. The van der Waals surface area contributed by atoms with E-state index >= 15 is 0 Å². The van der Waals surface area contributed by atoms with E-state index in [-0.39, 0.29) is 6.10 Å². The molecular weight excluding hydrogens is 296 g/mol. The fraction of sp³-hybridized carbons (Fsp3) is 1.00. The molecule has 0 aromatic rings. The summed E-state index contributed by atoms with van der Waals surface area (Å²) in [5.41, 5.74) is 11.1. The third-order valence-electron chi connectivity index (χ3n) is 4.88. The zero-order valence-corrected chi connectivity index (χ0v) is 16.6. The van der Waals surface area contributed by atoms with E-state index in [4.69, 9.17) is 16.2 Å². The summed E-state index contributed by atoms with van der Waals surface area (Å²) in [5, 5.41) is 0. The van der Waals surface area contributed by atoms with Crippen molar-refractivity contribution in [3.05, 3.63) is 0 Å². The SMILES string of the molecule is CCCCCCCCCCCCCCCCCCOC(CN)CN. The van der Waals surface area contributed by atoms with E-state index in [0.29, 0.717) is 13.1 Å². The highest BCUT2D eigenvalue weighted by molar-refractivity contribution is 4.58. The zero-order chi connectivity index (χ0) is 17.7. The van der Waals surface area contributed by atoms with Crippen molar-refractivity contribution in [2.24, 2.45) is 11.5 Å². The Kier molecular flexibility index (Phi) is 20.8. The third kappa shape index (κ3) is 18.2. The summed E-state index contributed by atoms with van der Waals surface area (Å²) in [7, 11) is 0. The first-order valence-corrected chi connectivity index (χ1v) is 10.9. The predicted molar refractivity (Wildman–Crippen MR) is 107 cm³/mol. The maximum Gasteiger partial charge on any atom is 0.0819 e. The van der Waals surface area contributed by atoms with E-state index in [0.717, 1.165) is 13.0 Å². The molecule has 0 spiro atoms. The van der Waals surface area contributed by atoms with Gasteiger partial charge in [-0.15, -0.1) is 0 Å². The Morgan fingerprint density at radius 3 is 1.21 bits per heavy atom. The van der Waals surface area contributed by atoms with E-state index in [9.17, 15) is 0 Å². The van der Waals surface area contributed by atoms with Crippen LogP contribution >= 0.6 is 0 Å². The van der Waals surface area contributed by atoms with Crippen molar-refractivity contribution in [3.8, 4) is 0 Å². The molecule has 0 aliphatic carbocycles. The third-order valence-corrected chi connectivity index (χ3v) is 4.88. The average Bonchev–Trinajstić information content (AvgIpc) is 2.61. The predicted octanol–water partition coefficient (Wildman–Crippen LogP) is 5.55. The van der Waals surface area contributed by atoms with Gasteiger partial charge < -0.3 is 16.2 Å². The highest BCUT2D eigenvalue weighted by Gasteiger charge is 2.02. The first-order chi connectivity index (χ1) is 11.8. The molecule has 0 aromatic heterocycles. The zero-order valence-electron chi connectivity index (χ0n) is 16.6. The average molecular weight is 343 g/mol. The van der Waals surface area contributed by atoms with Crippen molar-refractivity contribution in [1.82, 2.24) is 0 Å². The molecule has 4 N–H and O–H groups in total. The van der Waals surface area contributed by atoms with Crippen LogP contribution in [0.15, 0.2) is 0 Å². The van der Waals surface area contributed by atoms with Crippen LogP contribution in [0, 0.1) is 0 Å². The normalized spacial score (nSPS) is 11.5. The van der Waals surface area contributed by atoms with Crippen molar-refractivity contribution in [3.63, 3.8) is 0 Å². The van der Waals surface area contributed by atoms with Crippen LogP contribution in [0.2, 0.25) is 0 Å². The summed E-state index contributed by atoms with van der Waals surface area (Å²) in [6, 6.07) is 0. The number of hydrogen-bond donors (Lipinski definition) is 2. The van der Waals surface area contributed by atoms with Gasteiger partial charge >= 0.3 is 0 Å². The molecule has 0 saturated heterocycles. The minimum absolute atomic E-state index is 0.0568. The van der Waals surface area contributed by atoms with Gasteiger partial charge in [-0.25, -0.2) is 0 Å². The molecule has 0 amide bonds. The standard InChI is InChI=1S/C21H46N2O/c1-2-3-4-5-6-7-8-9-10-11-12-13-14-15-16-17-18-24-21(19-22)20-23/h21H,2-20,22-23H2,1H3. The Balaban J connectivity index is 3.03. The van der Waals surface area contributed by atoms with Crippen molar-refractivity contribution < 1.29 is 4.74 Å². The topological polar surface area (TPSA) is 61.3 Å². The van der Waals surface area contributed by atoms with Gasteiger partial charge in [-0.05, 0) is 6.42 Å². The molecular formula is C21H46N2O. The van der Waals surface area contributed by atoms with Gasteiger partial charge in [0.25, 0.3) is 0 Å². The van der Waals surface area contributed by atoms with E-state index in [1.54, 1.807) is 0 Å². The molecule has 146 valence electrons. The molecule has 3 nitrogen and oxygen atoms in total. The maximum absolute atomic E-state index is 5.61. The van der Waals surface area contributed by atoms with Gasteiger partial charge in [-0.2, -0.15) is 0 Å². The first-order valence-electron chi connectivity index (χ1n) is 10.9. The lowest BCUT2D eigenvalue weighted by atomic mass is 10.0. The Morgan fingerprint density at radius 2 is 0.875 bits per heavy atom. The summed E-state index contributed by atoms with van der Waals surface area (Å²) in [4.78, 5) is 0. The number of unbranched alkanes of at least 4 members (excludes halogenated alkanes) is 15. The highest BCUT2D eigenvalue weighted by atomic mass is 16.5. The molecule has 0 saturated carbocycles. The number of hydrogen-bond acceptors (Lipinski definition) is 3. The van der Waals surface area contributed by atoms with Crippen LogP contribution in [0.1, 0.15) is 110 Å². The van der Waals surface area contributed by atoms with Crippen molar-refractivity contribution in [2.75, 3.05) is 19.7 Å². The largest absolute Gasteiger partial charge is 0.376 e. The number of nitrogens with two attached hydrogens (primary N) is 2. The van der Waals surface area contributed by atoms with Crippen molar-refractivity contribution in [1.29, 1.82) is 0 Å². The molecule has 0 rings (SSSR count). The van der Waals surface area contributed by atoms with Gasteiger partial charge in [0.05, 0.1) is 6.10 Å². The second-order valence-corrected chi connectivity index (χ2v) is 7.27. The Morgan fingerprint density at radius 1 is 0.542 bits per heavy atom. The summed E-state index contributed by atoms with van der Waals surface area (Å²) in [6.07, 6.45) is 22.4. The van der Waals surface area contributed by atoms with Gasteiger partial charge in [0, 0.05) is 19.7 Å². The summed E-state index contributed by atoms with van der Waals surface area (Å²) in [5.74, 6) is 0. The second-order valence-electron chi connectivity index (χ2n) is 7.27. The Bertz CT molecular complexity index is 220. The van der Waals surface area contributed by atoms with E-state index in [2.05, 4.69) is 6.92 Å². The Labute approximate surface area is 152 Å². The maximum atomic E-state index is 5.61. The summed E-state index contributed by atoms with van der Waals surface area (Å²) in [6.45, 7) is 4.18. The van der Waals surface area contributed by atoms with Crippen LogP contribution < -0.4 is 11.5 Å².